The zero-order valence-corrected chi connectivity index (χ0v) is 18.0. The molecule has 0 saturated heterocycles. The molecule has 0 bridgehead atoms. The van der Waals surface area contributed by atoms with Crippen LogP contribution < -0.4 is 14.2 Å². The van der Waals surface area contributed by atoms with Gasteiger partial charge in [-0.05, 0) is 23.8 Å². The number of ether oxygens (including phenoxy) is 4. The molecule has 4 nitrogen and oxygen atoms in total. The molecule has 1 aliphatic rings. The lowest BCUT2D eigenvalue weighted by Gasteiger charge is -2.30. The van der Waals surface area contributed by atoms with Gasteiger partial charge in [0.1, 0.15) is 23.0 Å². The molecule has 0 spiro atoms. The molecule has 4 rings (SSSR count). The molecule has 3 aromatic carbocycles. The average molecular weight is 453 g/mol. The van der Waals surface area contributed by atoms with Crippen LogP contribution in [0.1, 0.15) is 28.4 Å². The molecule has 3 aromatic rings. The normalized spacial score (nSPS) is 15.0. The lowest BCUT2D eigenvalue weighted by atomic mass is 9.92. The summed E-state index contributed by atoms with van der Waals surface area (Å²) in [7, 11) is 4.89. The van der Waals surface area contributed by atoms with E-state index in [9.17, 15) is 0 Å². The fraction of sp³-hybridized carbons (Fsp3) is 0.167. The van der Waals surface area contributed by atoms with Crippen molar-refractivity contribution < 1.29 is 18.9 Å². The summed E-state index contributed by atoms with van der Waals surface area (Å²) in [5.41, 5.74) is 3.97. The Morgan fingerprint density at radius 3 is 2.10 bits per heavy atom. The molecule has 0 radical (unpaired) electrons. The third kappa shape index (κ3) is 3.70. The summed E-state index contributed by atoms with van der Waals surface area (Å²) in [4.78, 5) is 0. The van der Waals surface area contributed by atoms with Gasteiger partial charge in [0.2, 0.25) is 0 Å². The van der Waals surface area contributed by atoms with Crippen molar-refractivity contribution in [3.05, 3.63) is 87.4 Å². The standard InChI is InChI=1S/C24H21BrO4/c1-26-18-13-21(27-2)23(22(14-18)28-3)24-19-7-5-4-6-16(19)12-20(29-24)15-8-10-17(25)11-9-15/h4-14,24H,1-3H3. The third-order valence-corrected chi connectivity index (χ3v) is 5.48. The molecule has 0 fully saturated rings. The molecule has 5 heteroatoms. The highest BCUT2D eigenvalue weighted by Crippen LogP contribution is 2.47. The first-order valence-corrected chi connectivity index (χ1v) is 9.97. The highest BCUT2D eigenvalue weighted by molar-refractivity contribution is 9.10. The van der Waals surface area contributed by atoms with Crippen LogP contribution in [0, 0.1) is 0 Å². The number of benzene rings is 3. The van der Waals surface area contributed by atoms with Crippen LogP contribution in [0.25, 0.3) is 11.8 Å². The van der Waals surface area contributed by atoms with Crippen LogP contribution in [-0.4, -0.2) is 21.3 Å². The van der Waals surface area contributed by atoms with Crippen molar-refractivity contribution in [1.29, 1.82) is 0 Å². The zero-order valence-electron chi connectivity index (χ0n) is 16.4. The second-order valence-corrected chi connectivity index (χ2v) is 7.50. The Kier molecular flexibility index (Phi) is 5.49. The van der Waals surface area contributed by atoms with Gasteiger partial charge in [-0.15, -0.1) is 0 Å². The van der Waals surface area contributed by atoms with E-state index in [-0.39, 0.29) is 6.10 Å². The monoisotopic (exact) mass is 452 g/mol. The van der Waals surface area contributed by atoms with Gasteiger partial charge in [-0.1, -0.05) is 52.3 Å². The second-order valence-electron chi connectivity index (χ2n) is 6.59. The van der Waals surface area contributed by atoms with Gasteiger partial charge in [-0.2, -0.15) is 0 Å². The minimum absolute atomic E-state index is 0.384. The van der Waals surface area contributed by atoms with E-state index >= 15 is 0 Å². The molecule has 0 aromatic heterocycles. The lowest BCUT2D eigenvalue weighted by molar-refractivity contribution is 0.195. The van der Waals surface area contributed by atoms with E-state index < -0.39 is 0 Å². The molecule has 1 atom stereocenters. The van der Waals surface area contributed by atoms with Crippen molar-refractivity contribution in [2.75, 3.05) is 21.3 Å². The quantitative estimate of drug-likeness (QED) is 0.469. The number of halogens is 1. The summed E-state index contributed by atoms with van der Waals surface area (Å²) in [6.07, 6.45) is 1.68. The van der Waals surface area contributed by atoms with Crippen molar-refractivity contribution in [2.24, 2.45) is 0 Å². The Labute approximate surface area is 178 Å². The van der Waals surface area contributed by atoms with Crippen molar-refractivity contribution in [3.8, 4) is 17.2 Å². The molecule has 0 amide bonds. The van der Waals surface area contributed by atoms with Crippen molar-refractivity contribution in [1.82, 2.24) is 0 Å². The summed E-state index contributed by atoms with van der Waals surface area (Å²) in [6.45, 7) is 0. The van der Waals surface area contributed by atoms with Crippen molar-refractivity contribution in [3.63, 3.8) is 0 Å². The Hall–Kier alpha value is -2.92. The first kappa shape index (κ1) is 19.4. The number of rotatable bonds is 5. The third-order valence-electron chi connectivity index (χ3n) is 4.95. The number of fused-ring (bicyclic) bond motifs is 1. The first-order chi connectivity index (χ1) is 14.1. The Morgan fingerprint density at radius 2 is 1.48 bits per heavy atom. The number of hydrogen-bond acceptors (Lipinski definition) is 4. The van der Waals surface area contributed by atoms with Gasteiger partial charge in [-0.3, -0.25) is 0 Å². The Balaban J connectivity index is 1.88. The SMILES string of the molecule is COc1cc(OC)c(C2OC(c3ccc(Br)cc3)=Cc3ccccc32)c(OC)c1. The fourth-order valence-corrected chi connectivity index (χ4v) is 3.78. The molecule has 148 valence electrons. The maximum atomic E-state index is 6.53. The van der Waals surface area contributed by atoms with Crippen molar-refractivity contribution in [2.45, 2.75) is 6.10 Å². The predicted octanol–water partition coefficient (Wildman–Crippen LogP) is 6.09. The Bertz CT molecular complexity index is 1030. The van der Waals surface area contributed by atoms with E-state index in [4.69, 9.17) is 18.9 Å². The molecular weight excluding hydrogens is 432 g/mol. The second kappa shape index (κ2) is 8.21. The zero-order chi connectivity index (χ0) is 20.4. The van der Waals surface area contributed by atoms with E-state index in [1.54, 1.807) is 21.3 Å². The smallest absolute Gasteiger partial charge is 0.157 e. The molecular formula is C24H21BrO4. The molecule has 0 N–H and O–H groups in total. The van der Waals surface area contributed by atoms with E-state index in [1.807, 2.05) is 48.5 Å². The van der Waals surface area contributed by atoms with E-state index in [2.05, 4.69) is 34.1 Å². The van der Waals surface area contributed by atoms with Gasteiger partial charge in [0.25, 0.3) is 0 Å². The molecule has 1 aliphatic heterocycles. The van der Waals surface area contributed by atoms with Crippen LogP contribution in [0.2, 0.25) is 0 Å². The molecule has 1 unspecified atom stereocenters. The number of methoxy groups -OCH3 is 3. The van der Waals surface area contributed by atoms with Crippen LogP contribution in [0.5, 0.6) is 17.2 Å². The lowest BCUT2D eigenvalue weighted by Crippen LogP contribution is -2.14. The van der Waals surface area contributed by atoms with Gasteiger partial charge in [-0.25, -0.2) is 0 Å². The minimum Gasteiger partial charge on any atom is -0.496 e. The van der Waals surface area contributed by atoms with Gasteiger partial charge >= 0.3 is 0 Å². The van der Waals surface area contributed by atoms with Gasteiger partial charge in [0.05, 0.1) is 26.9 Å². The van der Waals surface area contributed by atoms with Gasteiger partial charge in [0, 0.05) is 27.7 Å². The highest BCUT2D eigenvalue weighted by atomic mass is 79.9. The van der Waals surface area contributed by atoms with Crippen LogP contribution in [0.15, 0.2) is 65.1 Å². The summed E-state index contributed by atoms with van der Waals surface area (Å²) in [6, 6.07) is 20.0. The molecule has 0 aliphatic carbocycles. The van der Waals surface area contributed by atoms with Crippen LogP contribution in [0.4, 0.5) is 0 Å². The van der Waals surface area contributed by atoms with Crippen LogP contribution in [0.3, 0.4) is 0 Å². The van der Waals surface area contributed by atoms with E-state index in [0.29, 0.717) is 17.2 Å². The summed E-state index contributed by atoms with van der Waals surface area (Å²) >= 11 is 3.49. The van der Waals surface area contributed by atoms with Gasteiger partial charge < -0.3 is 18.9 Å². The number of hydrogen-bond donors (Lipinski definition) is 0. The molecule has 1 heterocycles. The predicted molar refractivity (Wildman–Crippen MR) is 117 cm³/mol. The summed E-state index contributed by atoms with van der Waals surface area (Å²) in [5, 5.41) is 0. The van der Waals surface area contributed by atoms with Crippen molar-refractivity contribution >= 4 is 27.8 Å². The topological polar surface area (TPSA) is 36.9 Å². The highest BCUT2D eigenvalue weighted by Gasteiger charge is 2.31. The first-order valence-electron chi connectivity index (χ1n) is 9.17. The minimum atomic E-state index is -0.384. The molecule has 0 saturated carbocycles. The molecule has 29 heavy (non-hydrogen) atoms. The van der Waals surface area contributed by atoms with E-state index in [1.165, 1.54) is 0 Å². The maximum absolute atomic E-state index is 6.53. The van der Waals surface area contributed by atoms with Gasteiger partial charge in [0.15, 0.2) is 6.10 Å². The van der Waals surface area contributed by atoms with E-state index in [0.717, 1.165) is 32.5 Å². The summed E-state index contributed by atoms with van der Waals surface area (Å²) < 4.78 is 24.3. The fourth-order valence-electron chi connectivity index (χ4n) is 3.52. The largest absolute Gasteiger partial charge is 0.496 e. The van der Waals surface area contributed by atoms with Crippen LogP contribution >= 0.6 is 15.9 Å². The average Bonchev–Trinajstić information content (AvgIpc) is 2.77. The van der Waals surface area contributed by atoms with Crippen LogP contribution in [-0.2, 0) is 4.74 Å². The Morgan fingerprint density at radius 1 is 0.828 bits per heavy atom. The maximum Gasteiger partial charge on any atom is 0.157 e. The summed E-state index contributed by atoms with van der Waals surface area (Å²) in [5.74, 6) is 2.76.